The fourth-order valence-corrected chi connectivity index (χ4v) is 3.81. The van der Waals surface area contributed by atoms with Gasteiger partial charge in [-0.3, -0.25) is 10.2 Å². The van der Waals surface area contributed by atoms with Crippen molar-refractivity contribution < 1.29 is 20.4 Å². The second-order valence-corrected chi connectivity index (χ2v) is 9.37. The van der Waals surface area contributed by atoms with Crippen LogP contribution >= 0.6 is 0 Å². The van der Waals surface area contributed by atoms with Gasteiger partial charge in [0.15, 0.2) is 22.9 Å². The predicted molar refractivity (Wildman–Crippen MR) is 136 cm³/mol. The van der Waals surface area contributed by atoms with Crippen LogP contribution in [0.25, 0.3) is 5.65 Å². The third-order valence-electron chi connectivity index (χ3n) is 5.72. The maximum atomic E-state index is 13.3. The molecule has 2 aromatic heterocycles. The summed E-state index contributed by atoms with van der Waals surface area (Å²) in [6.07, 6.45) is 1.79. The summed E-state index contributed by atoms with van der Waals surface area (Å²) in [5, 5.41) is 17.3. The monoisotopic (exact) mass is 485 g/mol. The Morgan fingerprint density at radius 2 is 1.74 bits per heavy atom. The Labute approximate surface area is 208 Å². The second-order valence-electron chi connectivity index (χ2n) is 9.37. The zero-order valence-electron chi connectivity index (χ0n) is 21.8. The number of aromatic nitrogens is 4. The summed E-state index contributed by atoms with van der Waals surface area (Å²) in [5.74, 6) is 1.45. The number of Topliss-reactive ketones (excluding diaryl/α,β-unsaturated/α-hetero) is 1. The first-order valence-electron chi connectivity index (χ1n) is 12.3. The van der Waals surface area contributed by atoms with Crippen LogP contribution in [-0.4, -0.2) is 44.5 Å². The smallest absolute Gasteiger partial charge is 0.242 e. The molecule has 192 valence electrons. The third kappa shape index (κ3) is 5.83. The standard InChI is InChI=1S/C26H37N5O4.H2/c1-8-18(9-2)35-23-13-12-22-28-30(25(27)31(22)29-23)16-20(32)17-14-19(26(5,6)7)24(34-11-4)21(15-17)33-10-3;/h12-15,18,27H,8-11,16H2,1-7H3;1H. The molecule has 0 amide bonds. The molecule has 0 bridgehead atoms. The highest BCUT2D eigenvalue weighted by atomic mass is 16.5. The fourth-order valence-electron chi connectivity index (χ4n) is 3.81. The van der Waals surface area contributed by atoms with Gasteiger partial charge in [0.25, 0.3) is 0 Å². The molecule has 1 N–H and O–H groups in total. The van der Waals surface area contributed by atoms with Gasteiger partial charge in [0.1, 0.15) is 6.54 Å². The van der Waals surface area contributed by atoms with Crippen LogP contribution in [0.1, 0.15) is 78.7 Å². The molecule has 0 saturated heterocycles. The summed E-state index contributed by atoms with van der Waals surface area (Å²) >= 11 is 0. The van der Waals surface area contributed by atoms with Crippen molar-refractivity contribution in [2.45, 2.75) is 79.4 Å². The van der Waals surface area contributed by atoms with Gasteiger partial charge in [0.05, 0.1) is 19.3 Å². The van der Waals surface area contributed by atoms with E-state index in [0.717, 1.165) is 18.4 Å². The summed E-state index contributed by atoms with van der Waals surface area (Å²) < 4.78 is 20.4. The number of hydrogen-bond donors (Lipinski definition) is 1. The average Bonchev–Trinajstić information content (AvgIpc) is 3.12. The molecule has 0 aliphatic heterocycles. The molecule has 2 heterocycles. The highest BCUT2D eigenvalue weighted by molar-refractivity contribution is 5.97. The van der Waals surface area contributed by atoms with Crippen molar-refractivity contribution >= 4 is 11.4 Å². The summed E-state index contributed by atoms with van der Waals surface area (Å²) in [6, 6.07) is 7.05. The fraction of sp³-hybridized carbons (Fsp3) is 0.538. The largest absolute Gasteiger partial charge is 0.490 e. The highest BCUT2D eigenvalue weighted by Crippen LogP contribution is 2.40. The minimum Gasteiger partial charge on any atom is -0.490 e. The number of carbonyl (C=O) groups is 1. The van der Waals surface area contributed by atoms with E-state index in [2.05, 4.69) is 44.8 Å². The Morgan fingerprint density at radius 3 is 2.34 bits per heavy atom. The van der Waals surface area contributed by atoms with Crippen LogP contribution in [0.2, 0.25) is 0 Å². The predicted octanol–water partition coefficient (Wildman–Crippen LogP) is 4.80. The van der Waals surface area contributed by atoms with Crippen LogP contribution in [0.3, 0.4) is 0 Å². The van der Waals surface area contributed by atoms with E-state index >= 15 is 0 Å². The van der Waals surface area contributed by atoms with Gasteiger partial charge >= 0.3 is 0 Å². The first-order chi connectivity index (χ1) is 16.6. The molecule has 0 saturated carbocycles. The highest BCUT2D eigenvalue weighted by Gasteiger charge is 2.25. The van der Waals surface area contributed by atoms with Gasteiger partial charge < -0.3 is 14.2 Å². The Bertz CT molecular complexity index is 1240. The zero-order valence-corrected chi connectivity index (χ0v) is 21.8. The molecule has 9 heteroatoms. The van der Waals surface area contributed by atoms with E-state index in [1.807, 2.05) is 19.9 Å². The second kappa shape index (κ2) is 10.9. The minimum absolute atomic E-state index is 0. The van der Waals surface area contributed by atoms with Gasteiger partial charge in [-0.05, 0) is 50.3 Å². The molecule has 0 aliphatic rings. The lowest BCUT2D eigenvalue weighted by Gasteiger charge is -2.25. The molecule has 1 aromatic carbocycles. The Morgan fingerprint density at radius 1 is 1.06 bits per heavy atom. The van der Waals surface area contributed by atoms with Gasteiger partial charge in [0.2, 0.25) is 11.5 Å². The van der Waals surface area contributed by atoms with E-state index in [4.69, 9.17) is 19.6 Å². The van der Waals surface area contributed by atoms with E-state index in [0.29, 0.717) is 41.8 Å². The maximum absolute atomic E-state index is 13.3. The molecule has 3 aromatic rings. The minimum atomic E-state index is -0.265. The average molecular weight is 486 g/mol. The van der Waals surface area contributed by atoms with Gasteiger partial charge in [0, 0.05) is 18.6 Å². The van der Waals surface area contributed by atoms with Crippen molar-refractivity contribution in [1.29, 1.82) is 5.41 Å². The van der Waals surface area contributed by atoms with E-state index in [9.17, 15) is 4.79 Å². The number of nitrogens with one attached hydrogen (secondary N) is 1. The molecular formula is C26H39N5O4. The van der Waals surface area contributed by atoms with Gasteiger partial charge in [-0.1, -0.05) is 34.6 Å². The lowest BCUT2D eigenvalue weighted by molar-refractivity contribution is 0.0965. The van der Waals surface area contributed by atoms with Crippen molar-refractivity contribution in [3.05, 3.63) is 41.0 Å². The number of ketones is 1. The Balaban J connectivity index is 0.00000456. The number of ether oxygens (including phenoxy) is 3. The number of rotatable bonds is 11. The Kier molecular flexibility index (Phi) is 8.19. The van der Waals surface area contributed by atoms with Crippen molar-refractivity contribution in [3.63, 3.8) is 0 Å². The number of benzene rings is 1. The zero-order chi connectivity index (χ0) is 25.8. The first-order valence-corrected chi connectivity index (χ1v) is 12.3. The molecule has 3 rings (SSSR count). The number of carbonyl (C=O) groups excluding carboxylic acids is 1. The van der Waals surface area contributed by atoms with Crippen molar-refractivity contribution in [2.75, 3.05) is 13.2 Å². The van der Waals surface area contributed by atoms with Crippen LogP contribution in [0.15, 0.2) is 24.3 Å². The lowest BCUT2D eigenvalue weighted by Crippen LogP contribution is -2.27. The number of fused-ring (bicyclic) bond motifs is 1. The Hall–Kier alpha value is -3.36. The van der Waals surface area contributed by atoms with E-state index in [1.165, 1.54) is 9.20 Å². The van der Waals surface area contributed by atoms with E-state index in [-0.39, 0.29) is 30.9 Å². The van der Waals surface area contributed by atoms with E-state index < -0.39 is 0 Å². The molecular weight excluding hydrogens is 446 g/mol. The third-order valence-corrected chi connectivity index (χ3v) is 5.72. The van der Waals surface area contributed by atoms with Gasteiger partial charge in [-0.25, -0.2) is 4.68 Å². The van der Waals surface area contributed by atoms with Crippen molar-refractivity contribution in [2.24, 2.45) is 0 Å². The molecule has 0 unspecified atom stereocenters. The summed E-state index contributed by atoms with van der Waals surface area (Å²) in [4.78, 5) is 13.3. The summed E-state index contributed by atoms with van der Waals surface area (Å²) in [7, 11) is 0. The summed E-state index contributed by atoms with van der Waals surface area (Å²) in [5.41, 5.74) is 1.58. The first kappa shape index (κ1) is 26.2. The number of hydrogen-bond acceptors (Lipinski definition) is 7. The van der Waals surface area contributed by atoms with Crippen LogP contribution in [-0.2, 0) is 12.0 Å². The van der Waals surface area contributed by atoms with Crippen molar-refractivity contribution in [1.82, 2.24) is 19.4 Å². The van der Waals surface area contributed by atoms with Gasteiger partial charge in [-0.15, -0.1) is 10.2 Å². The molecule has 35 heavy (non-hydrogen) atoms. The quantitative estimate of drug-likeness (QED) is 0.391. The molecule has 9 nitrogen and oxygen atoms in total. The SMILES string of the molecule is CCOc1cc(C(=O)Cn2nc3ccc(OC(CC)CC)nn3c2=N)cc(C(C)(C)C)c1OCC.[HH]. The summed E-state index contributed by atoms with van der Waals surface area (Å²) in [6.45, 7) is 15.0. The topological polar surface area (TPSA) is 104 Å². The van der Waals surface area contributed by atoms with Crippen molar-refractivity contribution in [3.8, 4) is 17.4 Å². The lowest BCUT2D eigenvalue weighted by atomic mass is 9.84. The normalized spacial score (nSPS) is 11.8. The molecule has 0 atom stereocenters. The molecule has 0 radical (unpaired) electrons. The van der Waals surface area contributed by atoms with Gasteiger partial charge in [-0.2, -0.15) is 4.52 Å². The number of nitrogens with zero attached hydrogens (tertiary/aromatic N) is 4. The molecule has 0 fully saturated rings. The van der Waals surface area contributed by atoms with Crippen LogP contribution in [0.5, 0.6) is 17.4 Å². The maximum Gasteiger partial charge on any atom is 0.242 e. The molecule has 0 spiro atoms. The molecule has 0 aliphatic carbocycles. The van der Waals surface area contributed by atoms with Crippen LogP contribution in [0.4, 0.5) is 0 Å². The van der Waals surface area contributed by atoms with E-state index in [1.54, 1.807) is 18.2 Å². The van der Waals surface area contributed by atoms with Crippen LogP contribution < -0.4 is 19.8 Å². The van der Waals surface area contributed by atoms with Crippen LogP contribution in [0, 0.1) is 5.41 Å².